The largest absolute Gasteiger partial charge is 0.320 e. The summed E-state index contributed by atoms with van der Waals surface area (Å²) in [5, 5.41) is 6.37. The smallest absolute Gasteiger partial charge is 0.151 e. The minimum atomic E-state index is -2.72. The van der Waals surface area contributed by atoms with Crippen LogP contribution in [0.25, 0.3) is 0 Å². The Morgan fingerprint density at radius 1 is 1.29 bits per heavy atom. The van der Waals surface area contributed by atoms with E-state index in [0.717, 1.165) is 32.4 Å². The number of hydrogen-bond donors (Lipinski definition) is 2. The maximum atomic E-state index is 11.1. The lowest BCUT2D eigenvalue weighted by Crippen LogP contribution is -2.31. The molecule has 0 bridgehead atoms. The van der Waals surface area contributed by atoms with Crippen molar-refractivity contribution >= 4 is 9.84 Å². The van der Waals surface area contributed by atoms with Gasteiger partial charge in [-0.25, -0.2) is 8.42 Å². The van der Waals surface area contributed by atoms with Crippen molar-refractivity contribution in [2.75, 3.05) is 31.6 Å². The summed E-state index contributed by atoms with van der Waals surface area (Å²) in [6, 6.07) is 0.203. The lowest BCUT2D eigenvalue weighted by Gasteiger charge is -2.09. The molecule has 0 aliphatic carbocycles. The molecule has 1 atom stereocenters. The molecule has 4 nitrogen and oxygen atoms in total. The van der Waals surface area contributed by atoms with Crippen molar-refractivity contribution in [3.63, 3.8) is 0 Å². The van der Waals surface area contributed by atoms with Gasteiger partial charge in [-0.2, -0.15) is 0 Å². The summed E-state index contributed by atoms with van der Waals surface area (Å²) in [7, 11) is -0.776. The third kappa shape index (κ3) is 4.39. The lowest BCUT2D eigenvalue weighted by molar-refractivity contribution is 0.528. The van der Waals surface area contributed by atoms with Crippen LogP contribution in [0.15, 0.2) is 0 Å². The third-order valence-electron chi connectivity index (χ3n) is 2.52. The van der Waals surface area contributed by atoms with Gasteiger partial charge in [0.15, 0.2) is 9.84 Å². The van der Waals surface area contributed by atoms with Crippen LogP contribution in [0.3, 0.4) is 0 Å². The molecule has 1 heterocycles. The highest BCUT2D eigenvalue weighted by atomic mass is 32.2. The second-order valence-electron chi connectivity index (χ2n) is 3.86. The fourth-order valence-corrected chi connectivity index (χ4v) is 3.40. The van der Waals surface area contributed by atoms with Crippen molar-refractivity contribution in [3.8, 4) is 0 Å². The molecule has 1 aliphatic heterocycles. The first kappa shape index (κ1) is 11.9. The SMILES string of the molecule is CNCCCCNC1CCS(=O)(=O)C1. The monoisotopic (exact) mass is 220 g/mol. The fourth-order valence-electron chi connectivity index (χ4n) is 1.69. The van der Waals surface area contributed by atoms with Crippen LogP contribution in [0.1, 0.15) is 19.3 Å². The summed E-state index contributed by atoms with van der Waals surface area (Å²) in [4.78, 5) is 0. The molecular weight excluding hydrogens is 200 g/mol. The van der Waals surface area contributed by atoms with E-state index in [1.54, 1.807) is 0 Å². The van der Waals surface area contributed by atoms with Gasteiger partial charge in [0.1, 0.15) is 0 Å². The van der Waals surface area contributed by atoms with E-state index in [2.05, 4.69) is 10.6 Å². The molecule has 0 radical (unpaired) electrons. The average molecular weight is 220 g/mol. The first-order valence-electron chi connectivity index (χ1n) is 5.22. The van der Waals surface area contributed by atoms with E-state index in [1.165, 1.54) is 0 Å². The molecule has 0 aromatic carbocycles. The summed E-state index contributed by atoms with van der Waals surface area (Å²) in [5.74, 6) is 0.695. The molecular formula is C9H20N2O2S. The van der Waals surface area contributed by atoms with Crippen molar-refractivity contribution in [2.24, 2.45) is 0 Å². The number of hydrogen-bond acceptors (Lipinski definition) is 4. The third-order valence-corrected chi connectivity index (χ3v) is 4.29. The molecule has 0 aromatic rings. The van der Waals surface area contributed by atoms with Crippen LogP contribution >= 0.6 is 0 Å². The van der Waals surface area contributed by atoms with Gasteiger partial charge >= 0.3 is 0 Å². The van der Waals surface area contributed by atoms with Gasteiger partial charge < -0.3 is 10.6 Å². The van der Waals surface area contributed by atoms with Crippen molar-refractivity contribution in [2.45, 2.75) is 25.3 Å². The van der Waals surface area contributed by atoms with Crippen LogP contribution in [-0.4, -0.2) is 46.1 Å². The highest BCUT2D eigenvalue weighted by Crippen LogP contribution is 2.10. The Bertz CT molecular complexity index is 252. The minimum Gasteiger partial charge on any atom is -0.320 e. The summed E-state index contributed by atoms with van der Waals surface area (Å²) in [6.45, 7) is 1.96. The van der Waals surface area contributed by atoms with Crippen LogP contribution in [0, 0.1) is 0 Å². The zero-order chi connectivity index (χ0) is 10.4. The summed E-state index contributed by atoms with van der Waals surface area (Å²) < 4.78 is 22.3. The fraction of sp³-hybridized carbons (Fsp3) is 1.00. The van der Waals surface area contributed by atoms with E-state index < -0.39 is 9.84 Å². The Hall–Kier alpha value is -0.130. The molecule has 14 heavy (non-hydrogen) atoms. The van der Waals surface area contributed by atoms with Crippen molar-refractivity contribution in [1.82, 2.24) is 10.6 Å². The lowest BCUT2D eigenvalue weighted by atomic mass is 10.2. The number of rotatable bonds is 6. The first-order chi connectivity index (χ1) is 6.64. The number of sulfone groups is 1. The maximum Gasteiger partial charge on any atom is 0.151 e. The Balaban J connectivity index is 2.03. The van der Waals surface area contributed by atoms with E-state index in [-0.39, 0.29) is 6.04 Å². The van der Waals surface area contributed by atoms with Gasteiger partial charge in [0, 0.05) is 6.04 Å². The molecule has 0 aromatic heterocycles. The highest BCUT2D eigenvalue weighted by molar-refractivity contribution is 7.91. The second-order valence-corrected chi connectivity index (χ2v) is 6.09. The van der Waals surface area contributed by atoms with Crippen molar-refractivity contribution in [1.29, 1.82) is 0 Å². The summed E-state index contributed by atoms with van der Waals surface area (Å²) in [5.41, 5.74) is 0. The summed E-state index contributed by atoms with van der Waals surface area (Å²) >= 11 is 0. The average Bonchev–Trinajstić information content (AvgIpc) is 2.45. The predicted molar refractivity (Wildman–Crippen MR) is 58.2 cm³/mol. The van der Waals surface area contributed by atoms with Crippen LogP contribution in [0.5, 0.6) is 0 Å². The first-order valence-corrected chi connectivity index (χ1v) is 7.04. The van der Waals surface area contributed by atoms with Gasteiger partial charge in [0.25, 0.3) is 0 Å². The van der Waals surface area contributed by atoms with Crippen LogP contribution in [-0.2, 0) is 9.84 Å². The highest BCUT2D eigenvalue weighted by Gasteiger charge is 2.26. The Kier molecular flexibility index (Phi) is 4.84. The Morgan fingerprint density at radius 3 is 2.57 bits per heavy atom. The molecule has 1 saturated heterocycles. The van der Waals surface area contributed by atoms with Crippen LogP contribution < -0.4 is 10.6 Å². The quantitative estimate of drug-likeness (QED) is 0.607. The molecule has 0 spiro atoms. The Morgan fingerprint density at radius 2 is 2.00 bits per heavy atom. The van der Waals surface area contributed by atoms with Crippen LogP contribution in [0.4, 0.5) is 0 Å². The molecule has 1 unspecified atom stereocenters. The topological polar surface area (TPSA) is 58.2 Å². The van der Waals surface area contributed by atoms with Gasteiger partial charge in [-0.15, -0.1) is 0 Å². The zero-order valence-corrected chi connectivity index (χ0v) is 9.57. The normalized spacial score (nSPS) is 25.4. The van der Waals surface area contributed by atoms with Gasteiger partial charge in [-0.1, -0.05) is 0 Å². The molecule has 1 aliphatic rings. The van der Waals surface area contributed by atoms with E-state index in [1.807, 2.05) is 7.05 Å². The molecule has 5 heteroatoms. The molecule has 0 saturated carbocycles. The molecule has 0 amide bonds. The van der Waals surface area contributed by atoms with Gasteiger partial charge in [0.05, 0.1) is 11.5 Å². The van der Waals surface area contributed by atoms with Crippen molar-refractivity contribution in [3.05, 3.63) is 0 Å². The van der Waals surface area contributed by atoms with Gasteiger partial charge in [-0.3, -0.25) is 0 Å². The molecule has 1 fully saturated rings. The molecule has 1 rings (SSSR count). The van der Waals surface area contributed by atoms with Crippen LogP contribution in [0.2, 0.25) is 0 Å². The zero-order valence-electron chi connectivity index (χ0n) is 8.75. The molecule has 2 N–H and O–H groups in total. The number of nitrogens with one attached hydrogen (secondary N) is 2. The van der Waals surface area contributed by atoms with Gasteiger partial charge in [-0.05, 0) is 39.4 Å². The van der Waals surface area contributed by atoms with E-state index in [0.29, 0.717) is 11.5 Å². The molecule has 84 valence electrons. The number of unbranched alkanes of at least 4 members (excludes halogenated alkanes) is 1. The maximum absolute atomic E-state index is 11.1. The van der Waals surface area contributed by atoms with Gasteiger partial charge in [0.2, 0.25) is 0 Å². The van der Waals surface area contributed by atoms with E-state index >= 15 is 0 Å². The minimum absolute atomic E-state index is 0.203. The van der Waals surface area contributed by atoms with E-state index in [9.17, 15) is 8.42 Å². The standard InChI is InChI=1S/C9H20N2O2S/c1-10-5-2-3-6-11-9-4-7-14(12,13)8-9/h9-11H,2-8H2,1H3. The van der Waals surface area contributed by atoms with E-state index in [4.69, 9.17) is 0 Å². The predicted octanol–water partition coefficient (Wildman–Crippen LogP) is -0.237. The summed E-state index contributed by atoms with van der Waals surface area (Å²) in [6.07, 6.45) is 3.04. The van der Waals surface area contributed by atoms with Crippen molar-refractivity contribution < 1.29 is 8.42 Å². The second kappa shape index (κ2) is 5.68. The Labute approximate surface area is 86.4 Å².